The van der Waals surface area contributed by atoms with Crippen molar-refractivity contribution in [2.75, 3.05) is 0 Å². The van der Waals surface area contributed by atoms with Crippen LogP contribution in [0.25, 0.3) is 11.0 Å². The van der Waals surface area contributed by atoms with Gasteiger partial charge in [0.1, 0.15) is 28.9 Å². The number of rotatable bonds is 3. The molecule has 2 aromatic rings. The molecule has 1 N–H and O–H groups in total. The van der Waals surface area contributed by atoms with Crippen molar-refractivity contribution >= 4 is 16.8 Å². The first-order valence-corrected chi connectivity index (χ1v) is 13.0. The van der Waals surface area contributed by atoms with Crippen LogP contribution in [0, 0.1) is 29.1 Å². The summed E-state index contributed by atoms with van der Waals surface area (Å²) in [5.41, 5.74) is -3.55. The van der Waals surface area contributed by atoms with Crippen LogP contribution in [-0.2, 0) is 11.3 Å². The molecule has 0 aliphatic heterocycles. The minimum absolute atomic E-state index is 0.0905. The monoisotopic (exact) mass is 471 g/mol. The summed E-state index contributed by atoms with van der Waals surface area (Å²) < 4.78 is 32.6. The van der Waals surface area contributed by atoms with Crippen LogP contribution in [0.15, 0.2) is 24.3 Å². The Morgan fingerprint density at radius 2 is 1.71 bits per heavy atom. The Bertz CT molecular complexity index is 1100. The third-order valence-electron chi connectivity index (χ3n) is 10.3. The summed E-state index contributed by atoms with van der Waals surface area (Å²) in [5.74, 6) is 0.103. The van der Waals surface area contributed by atoms with E-state index >= 15 is 8.78 Å². The molecule has 6 rings (SSSR count). The molecule has 4 saturated carbocycles. The highest BCUT2D eigenvalue weighted by molar-refractivity contribution is 5.82. The Balaban J connectivity index is 1.22. The van der Waals surface area contributed by atoms with Crippen LogP contribution >= 0.6 is 0 Å². The van der Waals surface area contributed by atoms with Gasteiger partial charge < -0.3 is 5.11 Å². The van der Waals surface area contributed by atoms with Crippen LogP contribution in [0.2, 0.25) is 0 Å². The zero-order chi connectivity index (χ0) is 23.9. The van der Waals surface area contributed by atoms with Crippen molar-refractivity contribution in [2.24, 2.45) is 29.1 Å². The van der Waals surface area contributed by atoms with Gasteiger partial charge >= 0.3 is 0 Å². The summed E-state index contributed by atoms with van der Waals surface area (Å²) >= 11 is 0. The quantitative estimate of drug-likeness (QED) is 0.668. The van der Waals surface area contributed by atoms with Crippen molar-refractivity contribution in [1.29, 1.82) is 0 Å². The second-order valence-electron chi connectivity index (χ2n) is 12.3. The number of hydrogen-bond donors (Lipinski definition) is 1. The van der Waals surface area contributed by atoms with Gasteiger partial charge in [-0.15, -0.1) is 0 Å². The molecule has 0 spiro atoms. The molecule has 1 heterocycles. The van der Waals surface area contributed by atoms with E-state index in [-0.39, 0.29) is 60.7 Å². The largest absolute Gasteiger partial charge is 0.390 e. The van der Waals surface area contributed by atoms with E-state index in [0.29, 0.717) is 19.3 Å². The van der Waals surface area contributed by atoms with Crippen LogP contribution in [0.1, 0.15) is 71.6 Å². The number of hydrogen-bond acceptors (Lipinski definition) is 4. The number of alkyl halides is 2. The Kier molecular flexibility index (Phi) is 4.85. The van der Waals surface area contributed by atoms with Crippen molar-refractivity contribution in [3.63, 3.8) is 0 Å². The summed E-state index contributed by atoms with van der Waals surface area (Å²) in [5, 5.41) is 19.4. The van der Waals surface area contributed by atoms with Gasteiger partial charge in [-0.25, -0.2) is 8.78 Å². The molecular weight excluding hydrogens is 436 g/mol. The zero-order valence-corrected chi connectivity index (χ0v) is 20.1. The zero-order valence-electron chi connectivity index (χ0n) is 20.1. The van der Waals surface area contributed by atoms with Gasteiger partial charge in [-0.05, 0) is 93.6 Å². The molecule has 4 fully saturated rings. The summed E-state index contributed by atoms with van der Waals surface area (Å²) in [4.78, 5) is 15.0. The fraction of sp³-hybridized carbons (Fsp3) is 0.741. The molecule has 0 amide bonds. The molecule has 0 bridgehead atoms. The highest BCUT2D eigenvalue weighted by atomic mass is 19.2. The van der Waals surface area contributed by atoms with Crippen molar-refractivity contribution < 1.29 is 18.7 Å². The third kappa shape index (κ3) is 3.14. The molecule has 4 aliphatic carbocycles. The first kappa shape index (κ1) is 22.6. The third-order valence-corrected chi connectivity index (χ3v) is 10.3. The minimum Gasteiger partial charge on any atom is -0.390 e. The summed E-state index contributed by atoms with van der Waals surface area (Å²) in [6, 6.07) is 7.60. The molecular formula is C27H35F2N3O2. The molecule has 34 heavy (non-hydrogen) atoms. The van der Waals surface area contributed by atoms with Crippen LogP contribution in [0.3, 0.4) is 0 Å². The number of nitrogens with zero attached hydrogens (tertiary/aromatic N) is 3. The number of benzene rings is 1. The minimum atomic E-state index is -1.94. The van der Waals surface area contributed by atoms with E-state index in [1.54, 1.807) is 6.92 Å². The number of carbonyl (C=O) groups is 1. The molecule has 184 valence electrons. The molecule has 0 unspecified atom stereocenters. The summed E-state index contributed by atoms with van der Waals surface area (Å²) in [6.07, 6.45) is 4.21. The van der Waals surface area contributed by atoms with E-state index in [2.05, 4.69) is 17.1 Å². The Morgan fingerprint density at radius 3 is 2.41 bits per heavy atom. The molecule has 1 aromatic carbocycles. The Labute approximate surface area is 199 Å². The molecule has 7 heteroatoms. The van der Waals surface area contributed by atoms with E-state index in [1.807, 2.05) is 24.3 Å². The fourth-order valence-electron chi connectivity index (χ4n) is 8.74. The highest BCUT2D eigenvalue weighted by Crippen LogP contribution is 2.68. The smallest absolute Gasteiger partial charge is 0.159 e. The van der Waals surface area contributed by atoms with E-state index in [0.717, 1.165) is 30.3 Å². The SMILES string of the molecule is C[C@@]1(O)CC[C@]2(F)[C@H]3CC[C@]4(C)[C@@H](C(=O)Cn5nc6ccccc6n5)CC[C@H]4[C@@H]3CC[C@]2(F)C1. The average molecular weight is 472 g/mol. The molecule has 8 atom stereocenters. The number of halogens is 2. The first-order valence-electron chi connectivity index (χ1n) is 13.0. The average Bonchev–Trinajstić information content (AvgIpc) is 3.34. The lowest BCUT2D eigenvalue weighted by molar-refractivity contribution is -0.217. The lowest BCUT2D eigenvalue weighted by Crippen LogP contribution is -2.66. The van der Waals surface area contributed by atoms with E-state index in [9.17, 15) is 9.90 Å². The van der Waals surface area contributed by atoms with E-state index in [4.69, 9.17) is 0 Å². The Morgan fingerprint density at radius 1 is 1.00 bits per heavy atom. The van der Waals surface area contributed by atoms with Gasteiger partial charge in [0.05, 0.1) is 5.60 Å². The van der Waals surface area contributed by atoms with E-state index in [1.165, 1.54) is 4.80 Å². The van der Waals surface area contributed by atoms with Crippen molar-refractivity contribution in [1.82, 2.24) is 15.0 Å². The molecule has 0 saturated heterocycles. The van der Waals surface area contributed by atoms with Crippen molar-refractivity contribution in [3.05, 3.63) is 24.3 Å². The van der Waals surface area contributed by atoms with Gasteiger partial charge in [0.2, 0.25) is 0 Å². The maximum Gasteiger partial charge on any atom is 0.159 e. The maximum atomic E-state index is 16.5. The van der Waals surface area contributed by atoms with E-state index < -0.39 is 16.9 Å². The number of aliphatic hydroxyl groups is 1. The van der Waals surface area contributed by atoms with Gasteiger partial charge in [0, 0.05) is 12.3 Å². The molecule has 4 aliphatic rings. The molecule has 1 aromatic heterocycles. The standard InChI is InChI=1S/C27H35F2N3O2/c1-24(34)13-14-27(29)19-10-11-25(2)18(17(19)9-12-26(27,28)16-24)7-8-20(25)23(33)15-32-30-21-5-3-4-6-22(21)31-32/h3-6,17-20,34H,7-16H2,1-2H3/t17-,18-,19-,20+,24+,25-,26-,27-/m0/s1. The maximum absolute atomic E-state index is 16.5. The van der Waals surface area contributed by atoms with Crippen LogP contribution in [0.5, 0.6) is 0 Å². The number of Topliss-reactive ketones (excluding diaryl/α,β-unsaturated/α-hetero) is 1. The first-order chi connectivity index (χ1) is 16.0. The predicted octanol–water partition coefficient (Wildman–Crippen LogP) is 5.20. The second kappa shape index (κ2) is 7.31. The fourth-order valence-corrected chi connectivity index (χ4v) is 8.74. The molecule has 5 nitrogen and oxygen atoms in total. The number of aromatic nitrogens is 3. The van der Waals surface area contributed by atoms with Gasteiger partial charge in [-0.2, -0.15) is 15.0 Å². The lowest BCUT2D eigenvalue weighted by atomic mass is 9.47. The van der Waals surface area contributed by atoms with Crippen molar-refractivity contribution in [2.45, 2.75) is 95.1 Å². The Hall–Kier alpha value is -1.89. The number of fused-ring (bicyclic) bond motifs is 6. The van der Waals surface area contributed by atoms with Gasteiger partial charge in [0.15, 0.2) is 5.78 Å². The topological polar surface area (TPSA) is 68.0 Å². The van der Waals surface area contributed by atoms with Gasteiger partial charge in [-0.3, -0.25) is 4.79 Å². The second-order valence-corrected chi connectivity index (χ2v) is 12.3. The van der Waals surface area contributed by atoms with Gasteiger partial charge in [0.25, 0.3) is 0 Å². The number of carbonyl (C=O) groups excluding carboxylic acids is 1. The predicted molar refractivity (Wildman–Crippen MR) is 124 cm³/mol. The normalized spacial score (nSPS) is 46.0. The lowest BCUT2D eigenvalue weighted by Gasteiger charge is -2.61. The summed E-state index contributed by atoms with van der Waals surface area (Å²) in [6.45, 7) is 4.01. The van der Waals surface area contributed by atoms with Crippen LogP contribution in [-0.4, -0.2) is 42.8 Å². The summed E-state index contributed by atoms with van der Waals surface area (Å²) in [7, 11) is 0. The molecule has 0 radical (unpaired) electrons. The highest BCUT2D eigenvalue weighted by Gasteiger charge is 2.69. The van der Waals surface area contributed by atoms with Gasteiger partial charge in [-0.1, -0.05) is 19.1 Å². The van der Waals surface area contributed by atoms with Crippen LogP contribution in [0.4, 0.5) is 8.78 Å². The van der Waals surface area contributed by atoms with Crippen LogP contribution < -0.4 is 0 Å². The number of ketones is 1. The van der Waals surface area contributed by atoms with Crippen molar-refractivity contribution in [3.8, 4) is 0 Å².